The van der Waals surface area contributed by atoms with Gasteiger partial charge in [-0.3, -0.25) is 0 Å². The van der Waals surface area contributed by atoms with Gasteiger partial charge in [0.1, 0.15) is 22.9 Å². The number of hydrogen-bond donors (Lipinski definition) is 1. The molecule has 3 aromatic carbocycles. The highest BCUT2D eigenvalue weighted by Gasteiger charge is 2.43. The van der Waals surface area contributed by atoms with Crippen LogP contribution in [0.3, 0.4) is 0 Å². The van der Waals surface area contributed by atoms with Crippen molar-refractivity contribution in [1.82, 2.24) is 0 Å². The van der Waals surface area contributed by atoms with Crippen LogP contribution in [-0.2, 0) is 26.3 Å². The Balaban J connectivity index is 1.40. The van der Waals surface area contributed by atoms with Gasteiger partial charge < -0.3 is 14.6 Å². The van der Waals surface area contributed by atoms with Crippen LogP contribution in [-0.4, -0.2) is 29.1 Å². The molecule has 0 aromatic heterocycles. The third-order valence-electron chi connectivity index (χ3n) is 7.48. The van der Waals surface area contributed by atoms with Crippen LogP contribution in [0.1, 0.15) is 74.3 Å². The van der Waals surface area contributed by atoms with Gasteiger partial charge in [-0.2, -0.15) is 0 Å². The lowest BCUT2D eigenvalue weighted by Crippen LogP contribution is -2.38. The number of thioether (sulfide) groups is 1. The molecule has 2 aliphatic heterocycles. The second-order valence-corrected chi connectivity index (χ2v) is 12.8. The minimum absolute atomic E-state index is 0.0793. The van der Waals surface area contributed by atoms with E-state index < -0.39 is 11.6 Å². The average molecular weight is 556 g/mol. The van der Waals surface area contributed by atoms with Crippen molar-refractivity contribution >= 4 is 23.6 Å². The molecule has 6 heteroatoms. The maximum absolute atomic E-state index is 13.5. The lowest BCUT2D eigenvalue weighted by atomic mass is 9.82. The van der Waals surface area contributed by atoms with Crippen LogP contribution in [0, 0.1) is 6.92 Å². The van der Waals surface area contributed by atoms with Gasteiger partial charge >= 0.3 is 5.97 Å². The molecule has 0 amide bonds. The van der Waals surface area contributed by atoms with Crippen molar-refractivity contribution in [2.75, 3.05) is 6.61 Å². The Bertz CT molecular complexity index is 1460. The fourth-order valence-electron chi connectivity index (χ4n) is 5.23. The number of nitrogens with zero attached hydrogens (tertiary/aromatic N) is 1. The largest absolute Gasteiger partial charge is 0.511 e. The Kier molecular flexibility index (Phi) is 7.83. The van der Waals surface area contributed by atoms with Crippen LogP contribution < -0.4 is 0 Å². The Morgan fingerprint density at radius 1 is 1.02 bits per heavy atom. The molecule has 40 heavy (non-hydrogen) atoms. The predicted molar refractivity (Wildman–Crippen MR) is 161 cm³/mol. The van der Waals surface area contributed by atoms with E-state index in [1.165, 1.54) is 11.8 Å². The first-order valence-electron chi connectivity index (χ1n) is 13.9. The fraction of sp³-hybridized carbons (Fsp3) is 0.353. The van der Waals surface area contributed by atoms with Crippen molar-refractivity contribution in [2.24, 2.45) is 4.99 Å². The number of aliphatic imine (C=N–C) groups is 1. The van der Waals surface area contributed by atoms with Gasteiger partial charge in [0, 0.05) is 10.5 Å². The fourth-order valence-corrected chi connectivity index (χ4v) is 6.43. The number of carbonyl (C=O) groups is 1. The summed E-state index contributed by atoms with van der Waals surface area (Å²) in [5, 5.41) is 11.3. The summed E-state index contributed by atoms with van der Waals surface area (Å²) in [5.41, 5.74) is 4.03. The molecule has 0 spiro atoms. The zero-order chi connectivity index (χ0) is 28.5. The molecule has 5 rings (SSSR count). The van der Waals surface area contributed by atoms with Crippen molar-refractivity contribution in [3.05, 3.63) is 111 Å². The van der Waals surface area contributed by atoms with Crippen molar-refractivity contribution < 1.29 is 19.4 Å². The van der Waals surface area contributed by atoms with Gasteiger partial charge in [-0.05, 0) is 80.0 Å². The molecule has 0 saturated heterocycles. The smallest absolute Gasteiger partial charge is 0.349 e. The summed E-state index contributed by atoms with van der Waals surface area (Å²) in [5.74, 6) is 0.561. The number of carbonyl (C=O) groups excluding carboxylic acids is 1. The standard InChI is InChI=1S/C34H37NO4S/c1-22(2)27-16-11-23(3)19-29(27)40-30-28(36)20-34(39-32(30)37,26-9-7-6-8-10-26)18-17-24-12-14-25(15-13-24)31-35-33(4,5)21-38-31/h6-16,19,22,36H,17-18,20-21H2,1-5H3. The molecule has 3 aromatic rings. The summed E-state index contributed by atoms with van der Waals surface area (Å²) < 4.78 is 12.1. The molecule has 1 N–H and O–H groups in total. The summed E-state index contributed by atoms with van der Waals surface area (Å²) in [6.07, 6.45) is 1.44. The summed E-state index contributed by atoms with van der Waals surface area (Å²) in [6, 6.07) is 24.2. The monoisotopic (exact) mass is 555 g/mol. The second-order valence-electron chi connectivity index (χ2n) is 11.7. The highest BCUT2D eigenvalue weighted by atomic mass is 32.2. The van der Waals surface area contributed by atoms with Crippen LogP contribution in [0.15, 0.2) is 93.3 Å². The minimum Gasteiger partial charge on any atom is -0.511 e. The molecule has 2 heterocycles. The molecule has 0 radical (unpaired) electrons. The number of aryl methyl sites for hydroxylation is 2. The molecule has 0 aliphatic carbocycles. The van der Waals surface area contributed by atoms with Crippen molar-refractivity contribution in [3.63, 3.8) is 0 Å². The molecule has 1 unspecified atom stereocenters. The normalized spacial score (nSPS) is 20.4. The SMILES string of the molecule is Cc1ccc(C(C)C)c(SC2=C(O)CC(CCc3ccc(C4=NC(C)(C)CO4)cc3)(c3ccccc3)OC2=O)c1. The summed E-state index contributed by atoms with van der Waals surface area (Å²) in [4.78, 5) is 19.4. The van der Waals surface area contributed by atoms with Crippen LogP contribution in [0.25, 0.3) is 0 Å². The van der Waals surface area contributed by atoms with Crippen molar-refractivity contribution in [2.45, 2.75) is 75.8 Å². The molecular formula is C34H37NO4S. The maximum atomic E-state index is 13.5. The van der Waals surface area contributed by atoms with E-state index in [4.69, 9.17) is 9.47 Å². The summed E-state index contributed by atoms with van der Waals surface area (Å²) in [7, 11) is 0. The van der Waals surface area contributed by atoms with E-state index in [0.717, 1.165) is 32.7 Å². The predicted octanol–water partition coefficient (Wildman–Crippen LogP) is 8.01. The highest BCUT2D eigenvalue weighted by Crippen LogP contribution is 2.46. The molecule has 0 bridgehead atoms. The number of cyclic esters (lactones) is 1. The summed E-state index contributed by atoms with van der Waals surface area (Å²) >= 11 is 1.31. The summed E-state index contributed by atoms with van der Waals surface area (Å²) in [6.45, 7) is 11.0. The maximum Gasteiger partial charge on any atom is 0.349 e. The number of aliphatic hydroxyl groups is 1. The topological polar surface area (TPSA) is 68.1 Å². The van der Waals surface area contributed by atoms with Crippen molar-refractivity contribution in [1.29, 1.82) is 0 Å². The van der Waals surface area contributed by atoms with E-state index in [-0.39, 0.29) is 22.6 Å². The number of esters is 1. The highest BCUT2D eigenvalue weighted by molar-refractivity contribution is 8.04. The van der Waals surface area contributed by atoms with E-state index in [1.807, 2.05) is 49.4 Å². The third kappa shape index (κ3) is 5.97. The first kappa shape index (κ1) is 28.0. The van der Waals surface area contributed by atoms with Crippen LogP contribution >= 0.6 is 11.8 Å². The number of ether oxygens (including phenoxy) is 2. The number of hydrogen-bond acceptors (Lipinski definition) is 6. The van der Waals surface area contributed by atoms with Gasteiger partial charge in [-0.25, -0.2) is 9.79 Å². The van der Waals surface area contributed by atoms with E-state index >= 15 is 0 Å². The van der Waals surface area contributed by atoms with Gasteiger partial charge in [0.25, 0.3) is 0 Å². The van der Waals surface area contributed by atoms with E-state index in [0.29, 0.717) is 31.3 Å². The third-order valence-corrected chi connectivity index (χ3v) is 8.66. The molecular weight excluding hydrogens is 518 g/mol. The Morgan fingerprint density at radius 2 is 1.75 bits per heavy atom. The molecule has 5 nitrogen and oxygen atoms in total. The van der Waals surface area contributed by atoms with Crippen molar-refractivity contribution in [3.8, 4) is 0 Å². The molecule has 0 fully saturated rings. The quantitative estimate of drug-likeness (QED) is 0.285. The van der Waals surface area contributed by atoms with Gasteiger partial charge in [-0.1, -0.05) is 80.2 Å². The van der Waals surface area contributed by atoms with E-state index in [2.05, 4.69) is 63.0 Å². The lowest BCUT2D eigenvalue weighted by molar-refractivity contribution is -0.160. The first-order chi connectivity index (χ1) is 19.1. The van der Waals surface area contributed by atoms with Gasteiger partial charge in [0.15, 0.2) is 0 Å². The number of aliphatic hydroxyl groups excluding tert-OH is 1. The van der Waals surface area contributed by atoms with E-state index in [1.54, 1.807) is 0 Å². The van der Waals surface area contributed by atoms with Crippen LogP contribution in [0.4, 0.5) is 0 Å². The van der Waals surface area contributed by atoms with Gasteiger partial charge in [0.05, 0.1) is 12.0 Å². The van der Waals surface area contributed by atoms with Crippen LogP contribution in [0.5, 0.6) is 0 Å². The Morgan fingerprint density at radius 3 is 2.38 bits per heavy atom. The van der Waals surface area contributed by atoms with Gasteiger partial charge in [0.2, 0.25) is 5.90 Å². The van der Waals surface area contributed by atoms with Crippen LogP contribution in [0.2, 0.25) is 0 Å². The molecule has 1 atom stereocenters. The average Bonchev–Trinajstić information content (AvgIpc) is 3.29. The molecule has 0 saturated carbocycles. The van der Waals surface area contributed by atoms with Gasteiger partial charge in [-0.15, -0.1) is 0 Å². The number of benzene rings is 3. The van der Waals surface area contributed by atoms with E-state index in [9.17, 15) is 9.90 Å². The lowest BCUT2D eigenvalue weighted by Gasteiger charge is -2.37. The Labute approximate surface area is 241 Å². The zero-order valence-electron chi connectivity index (χ0n) is 23.9. The molecule has 2 aliphatic rings. The second kappa shape index (κ2) is 11.2. The zero-order valence-corrected chi connectivity index (χ0v) is 24.7. The molecule has 208 valence electrons. The Hall–Kier alpha value is -3.51. The number of rotatable bonds is 8. The first-order valence-corrected chi connectivity index (χ1v) is 14.7. The minimum atomic E-state index is -0.957.